The van der Waals surface area contributed by atoms with E-state index in [1.54, 1.807) is 6.08 Å². The molecule has 1 aliphatic rings. The third kappa shape index (κ3) is 18.2. The van der Waals surface area contributed by atoms with Gasteiger partial charge in [-0.1, -0.05) is 128 Å². The first-order valence-electron chi connectivity index (χ1n) is 13.7. The van der Waals surface area contributed by atoms with Crippen LogP contribution in [0.5, 0.6) is 0 Å². The molecule has 1 heterocycles. The summed E-state index contributed by atoms with van der Waals surface area (Å²) in [4.78, 5) is 11.5. The van der Waals surface area contributed by atoms with Gasteiger partial charge < -0.3 is 4.74 Å². The molecule has 1 unspecified atom stereocenters. The first-order valence-corrected chi connectivity index (χ1v) is 13.7. The summed E-state index contributed by atoms with van der Waals surface area (Å²) in [6.07, 6.45) is 34.3. The molecule has 0 aromatic heterocycles. The largest absolute Gasteiger partial charge is 0.494 e. The highest BCUT2D eigenvalue weighted by Gasteiger charge is 2.18. The SMILES string of the molecule is CCCCCCCCCCCCCCCCCCCC/C=C/CC1CC(=O)C=C(C)O1. The molecule has 0 bridgehead atoms. The van der Waals surface area contributed by atoms with E-state index in [0.717, 1.165) is 18.6 Å². The van der Waals surface area contributed by atoms with E-state index in [0.29, 0.717) is 6.42 Å². The maximum absolute atomic E-state index is 11.5. The number of carbonyl (C=O) groups is 1. The lowest BCUT2D eigenvalue weighted by Crippen LogP contribution is -2.20. The summed E-state index contributed by atoms with van der Waals surface area (Å²) in [6.45, 7) is 4.16. The molecular formula is C29H52O2. The molecule has 31 heavy (non-hydrogen) atoms. The van der Waals surface area contributed by atoms with Gasteiger partial charge in [-0.3, -0.25) is 4.79 Å². The van der Waals surface area contributed by atoms with Crippen molar-refractivity contribution in [3.05, 3.63) is 24.0 Å². The van der Waals surface area contributed by atoms with E-state index >= 15 is 0 Å². The number of carbonyl (C=O) groups excluding carboxylic acids is 1. The molecule has 0 fully saturated rings. The molecule has 0 aromatic carbocycles. The molecule has 0 N–H and O–H groups in total. The van der Waals surface area contributed by atoms with Gasteiger partial charge in [-0.25, -0.2) is 0 Å². The minimum atomic E-state index is 0.0501. The van der Waals surface area contributed by atoms with Crippen molar-refractivity contribution in [2.75, 3.05) is 0 Å². The van der Waals surface area contributed by atoms with Crippen LogP contribution in [-0.2, 0) is 9.53 Å². The Labute approximate surface area is 194 Å². The molecule has 0 spiro atoms. The molecule has 0 aromatic rings. The smallest absolute Gasteiger partial charge is 0.162 e. The van der Waals surface area contributed by atoms with E-state index in [1.807, 2.05) is 6.92 Å². The van der Waals surface area contributed by atoms with Gasteiger partial charge in [0, 0.05) is 18.9 Å². The second kappa shape index (κ2) is 20.8. The molecule has 1 atom stereocenters. The predicted octanol–water partition coefficient (Wildman–Crippen LogP) is 9.63. The number of ether oxygens (including phenoxy) is 1. The van der Waals surface area contributed by atoms with Crippen molar-refractivity contribution in [2.45, 2.75) is 155 Å². The molecule has 0 amide bonds. The Morgan fingerprint density at radius 2 is 1.19 bits per heavy atom. The van der Waals surface area contributed by atoms with E-state index in [-0.39, 0.29) is 11.9 Å². The minimum absolute atomic E-state index is 0.0501. The average molecular weight is 433 g/mol. The fraction of sp³-hybridized carbons (Fsp3) is 0.828. The Kier molecular flexibility index (Phi) is 18.8. The lowest BCUT2D eigenvalue weighted by atomic mass is 10.0. The zero-order valence-electron chi connectivity index (χ0n) is 21.0. The van der Waals surface area contributed by atoms with Crippen molar-refractivity contribution in [3.63, 3.8) is 0 Å². The molecule has 2 heteroatoms. The molecule has 0 aliphatic carbocycles. The Balaban J connectivity index is 1.73. The van der Waals surface area contributed by atoms with E-state index in [9.17, 15) is 4.79 Å². The Morgan fingerprint density at radius 1 is 0.742 bits per heavy atom. The lowest BCUT2D eigenvalue weighted by Gasteiger charge is -2.20. The summed E-state index contributed by atoms with van der Waals surface area (Å²) in [6, 6.07) is 0. The molecule has 1 rings (SSSR count). The van der Waals surface area contributed by atoms with Gasteiger partial charge in [0.1, 0.15) is 6.10 Å². The van der Waals surface area contributed by atoms with Crippen molar-refractivity contribution in [3.8, 4) is 0 Å². The number of hydrogen-bond acceptors (Lipinski definition) is 2. The highest BCUT2D eigenvalue weighted by Crippen LogP contribution is 2.18. The molecule has 0 saturated carbocycles. The van der Waals surface area contributed by atoms with Gasteiger partial charge in [0.05, 0.1) is 5.76 Å². The Hall–Kier alpha value is -1.05. The third-order valence-electron chi connectivity index (χ3n) is 6.44. The first kappa shape index (κ1) is 28.0. The number of rotatable bonds is 21. The van der Waals surface area contributed by atoms with Gasteiger partial charge in [-0.05, 0) is 19.8 Å². The minimum Gasteiger partial charge on any atom is -0.494 e. The summed E-state index contributed by atoms with van der Waals surface area (Å²) in [7, 11) is 0. The number of unbranched alkanes of at least 4 members (excludes halogenated alkanes) is 18. The average Bonchev–Trinajstić information content (AvgIpc) is 2.74. The predicted molar refractivity (Wildman–Crippen MR) is 135 cm³/mol. The highest BCUT2D eigenvalue weighted by atomic mass is 16.5. The molecule has 2 nitrogen and oxygen atoms in total. The van der Waals surface area contributed by atoms with Gasteiger partial charge in [0.15, 0.2) is 5.78 Å². The van der Waals surface area contributed by atoms with Gasteiger partial charge in [-0.15, -0.1) is 0 Å². The van der Waals surface area contributed by atoms with Crippen molar-refractivity contribution in [1.29, 1.82) is 0 Å². The number of allylic oxidation sites excluding steroid dienone is 3. The maximum atomic E-state index is 11.5. The van der Waals surface area contributed by atoms with Crippen LogP contribution in [0.4, 0.5) is 0 Å². The van der Waals surface area contributed by atoms with Crippen LogP contribution >= 0.6 is 0 Å². The van der Waals surface area contributed by atoms with E-state index in [1.165, 1.54) is 116 Å². The van der Waals surface area contributed by atoms with Gasteiger partial charge in [0.25, 0.3) is 0 Å². The zero-order chi connectivity index (χ0) is 22.4. The molecule has 0 saturated heterocycles. The van der Waals surface area contributed by atoms with Crippen LogP contribution in [-0.4, -0.2) is 11.9 Å². The van der Waals surface area contributed by atoms with Crippen LogP contribution in [0.3, 0.4) is 0 Å². The normalized spacial score (nSPS) is 16.6. The highest BCUT2D eigenvalue weighted by molar-refractivity contribution is 5.91. The van der Waals surface area contributed by atoms with Crippen LogP contribution in [0, 0.1) is 0 Å². The second-order valence-electron chi connectivity index (χ2n) is 9.67. The quantitative estimate of drug-likeness (QED) is 0.133. The maximum Gasteiger partial charge on any atom is 0.162 e. The van der Waals surface area contributed by atoms with Gasteiger partial charge >= 0.3 is 0 Å². The van der Waals surface area contributed by atoms with Crippen molar-refractivity contribution >= 4 is 5.78 Å². The second-order valence-corrected chi connectivity index (χ2v) is 9.67. The fourth-order valence-electron chi connectivity index (χ4n) is 4.51. The molecule has 0 radical (unpaired) electrons. The summed E-state index contributed by atoms with van der Waals surface area (Å²) in [5.74, 6) is 0.962. The van der Waals surface area contributed by atoms with E-state index in [2.05, 4.69) is 19.1 Å². The zero-order valence-corrected chi connectivity index (χ0v) is 21.0. The summed E-state index contributed by atoms with van der Waals surface area (Å²) >= 11 is 0. The van der Waals surface area contributed by atoms with Gasteiger partial charge in [0.2, 0.25) is 0 Å². The van der Waals surface area contributed by atoms with Crippen LogP contribution in [0.25, 0.3) is 0 Å². The lowest BCUT2D eigenvalue weighted by molar-refractivity contribution is -0.118. The monoisotopic (exact) mass is 432 g/mol. The Morgan fingerprint density at radius 3 is 1.65 bits per heavy atom. The summed E-state index contributed by atoms with van der Waals surface area (Å²) < 4.78 is 5.69. The van der Waals surface area contributed by atoms with E-state index in [4.69, 9.17) is 4.74 Å². The first-order chi connectivity index (χ1) is 15.2. The van der Waals surface area contributed by atoms with Crippen molar-refractivity contribution in [2.24, 2.45) is 0 Å². The van der Waals surface area contributed by atoms with Crippen LogP contribution in [0.15, 0.2) is 24.0 Å². The van der Waals surface area contributed by atoms with Crippen molar-refractivity contribution in [1.82, 2.24) is 0 Å². The standard InChI is InChI=1S/C29H52O2/c1-3-4-5-6-7-8-9-10-11-12-13-14-15-16-17-18-19-20-21-22-23-24-29-26-28(30)25-27(2)31-29/h22-23,25,29H,3-21,24,26H2,1-2H3/b23-22+. The van der Waals surface area contributed by atoms with Crippen LogP contribution < -0.4 is 0 Å². The van der Waals surface area contributed by atoms with E-state index < -0.39 is 0 Å². The molecule has 1 aliphatic heterocycles. The summed E-state index contributed by atoms with van der Waals surface area (Å²) in [5, 5.41) is 0. The number of ketones is 1. The topological polar surface area (TPSA) is 26.3 Å². The van der Waals surface area contributed by atoms with Crippen LogP contribution in [0.1, 0.15) is 149 Å². The molecular weight excluding hydrogens is 380 g/mol. The fourth-order valence-corrected chi connectivity index (χ4v) is 4.51. The third-order valence-corrected chi connectivity index (χ3v) is 6.44. The molecule has 180 valence electrons. The van der Waals surface area contributed by atoms with Crippen molar-refractivity contribution < 1.29 is 9.53 Å². The van der Waals surface area contributed by atoms with Crippen LogP contribution in [0.2, 0.25) is 0 Å². The van der Waals surface area contributed by atoms with Gasteiger partial charge in [-0.2, -0.15) is 0 Å². The Bertz CT molecular complexity index is 477. The summed E-state index contributed by atoms with van der Waals surface area (Å²) in [5.41, 5.74) is 0. The number of hydrogen-bond donors (Lipinski definition) is 0.